The SMILES string of the molecule is CCCCN(Cc1cccn1Cc1ccc(Br)cc1)C(=O)CC(C)(C)C. The van der Waals surface area contributed by atoms with Crippen molar-refractivity contribution in [1.82, 2.24) is 9.47 Å². The van der Waals surface area contributed by atoms with Crippen molar-refractivity contribution in [2.75, 3.05) is 6.54 Å². The largest absolute Gasteiger partial charge is 0.345 e. The average molecular weight is 419 g/mol. The Morgan fingerprint density at radius 2 is 1.85 bits per heavy atom. The summed E-state index contributed by atoms with van der Waals surface area (Å²) < 4.78 is 3.33. The predicted octanol–water partition coefficient (Wildman–Crippen LogP) is 5.86. The number of carbonyl (C=O) groups is 1. The minimum Gasteiger partial charge on any atom is -0.345 e. The number of amides is 1. The number of hydrogen-bond donors (Lipinski definition) is 0. The lowest BCUT2D eigenvalue weighted by atomic mass is 9.91. The molecule has 2 aromatic rings. The molecule has 0 atom stereocenters. The highest BCUT2D eigenvalue weighted by atomic mass is 79.9. The van der Waals surface area contributed by atoms with Gasteiger partial charge in [0.25, 0.3) is 0 Å². The first-order valence-corrected chi connectivity index (χ1v) is 10.2. The maximum Gasteiger partial charge on any atom is 0.223 e. The molecule has 2 rings (SSSR count). The molecule has 0 unspecified atom stereocenters. The smallest absolute Gasteiger partial charge is 0.223 e. The minimum absolute atomic E-state index is 0.0148. The van der Waals surface area contributed by atoms with E-state index in [1.165, 1.54) is 11.3 Å². The van der Waals surface area contributed by atoms with E-state index in [0.29, 0.717) is 13.0 Å². The summed E-state index contributed by atoms with van der Waals surface area (Å²) in [6.07, 6.45) is 4.83. The van der Waals surface area contributed by atoms with E-state index in [2.05, 4.69) is 90.8 Å². The molecule has 0 saturated carbocycles. The monoisotopic (exact) mass is 418 g/mol. The Labute approximate surface area is 166 Å². The van der Waals surface area contributed by atoms with Crippen molar-refractivity contribution in [3.8, 4) is 0 Å². The Bertz CT molecular complexity index is 698. The first-order valence-electron chi connectivity index (χ1n) is 9.45. The molecule has 3 nitrogen and oxygen atoms in total. The highest BCUT2D eigenvalue weighted by molar-refractivity contribution is 9.10. The molecule has 0 aliphatic heterocycles. The van der Waals surface area contributed by atoms with Gasteiger partial charge < -0.3 is 9.47 Å². The molecule has 1 aromatic heterocycles. The van der Waals surface area contributed by atoms with Gasteiger partial charge >= 0.3 is 0 Å². The second-order valence-electron chi connectivity index (χ2n) is 8.16. The first-order chi connectivity index (χ1) is 12.3. The molecule has 0 radical (unpaired) electrons. The number of rotatable bonds is 8. The molecule has 0 spiro atoms. The van der Waals surface area contributed by atoms with Crippen LogP contribution < -0.4 is 0 Å². The fourth-order valence-electron chi connectivity index (χ4n) is 2.94. The number of benzene rings is 1. The van der Waals surface area contributed by atoms with Crippen molar-refractivity contribution in [2.24, 2.45) is 5.41 Å². The fraction of sp³-hybridized carbons (Fsp3) is 0.500. The third-order valence-corrected chi connectivity index (χ3v) is 4.89. The van der Waals surface area contributed by atoms with Crippen LogP contribution in [-0.4, -0.2) is 21.9 Å². The number of unbranched alkanes of at least 4 members (excludes halogenated alkanes) is 1. The van der Waals surface area contributed by atoms with Crippen LogP contribution in [0.2, 0.25) is 0 Å². The van der Waals surface area contributed by atoms with Gasteiger partial charge in [-0.3, -0.25) is 4.79 Å². The van der Waals surface area contributed by atoms with Gasteiger partial charge in [-0.1, -0.05) is 62.2 Å². The van der Waals surface area contributed by atoms with E-state index in [-0.39, 0.29) is 11.3 Å². The molecule has 1 aromatic carbocycles. The Balaban J connectivity index is 2.11. The van der Waals surface area contributed by atoms with E-state index in [9.17, 15) is 4.79 Å². The third kappa shape index (κ3) is 6.64. The summed E-state index contributed by atoms with van der Waals surface area (Å²) in [5.74, 6) is 0.252. The van der Waals surface area contributed by atoms with Crippen LogP contribution >= 0.6 is 15.9 Å². The maximum atomic E-state index is 12.8. The summed E-state index contributed by atoms with van der Waals surface area (Å²) in [5.41, 5.74) is 2.46. The minimum atomic E-state index is 0.0148. The van der Waals surface area contributed by atoms with Crippen LogP contribution in [0.5, 0.6) is 0 Å². The quantitative estimate of drug-likeness (QED) is 0.526. The highest BCUT2D eigenvalue weighted by Gasteiger charge is 2.21. The molecule has 0 aliphatic carbocycles. The predicted molar refractivity (Wildman–Crippen MR) is 112 cm³/mol. The summed E-state index contributed by atoms with van der Waals surface area (Å²) in [4.78, 5) is 14.8. The average Bonchev–Trinajstić information content (AvgIpc) is 2.98. The zero-order valence-electron chi connectivity index (χ0n) is 16.5. The van der Waals surface area contributed by atoms with Gasteiger partial charge in [-0.2, -0.15) is 0 Å². The van der Waals surface area contributed by atoms with Gasteiger partial charge in [0.1, 0.15) is 0 Å². The second kappa shape index (κ2) is 9.40. The van der Waals surface area contributed by atoms with Crippen molar-refractivity contribution in [3.63, 3.8) is 0 Å². The lowest BCUT2D eigenvalue weighted by Crippen LogP contribution is -2.34. The van der Waals surface area contributed by atoms with Crippen LogP contribution in [0.1, 0.15) is 58.2 Å². The molecule has 0 saturated heterocycles. The molecular weight excluding hydrogens is 388 g/mol. The van der Waals surface area contributed by atoms with Crippen LogP contribution in [0.4, 0.5) is 0 Å². The number of hydrogen-bond acceptors (Lipinski definition) is 1. The summed E-state index contributed by atoms with van der Waals surface area (Å²) in [5, 5.41) is 0. The normalized spacial score (nSPS) is 11.6. The van der Waals surface area contributed by atoms with Crippen LogP contribution in [0.3, 0.4) is 0 Å². The molecular formula is C22H31BrN2O. The van der Waals surface area contributed by atoms with Gasteiger partial charge in [-0.15, -0.1) is 0 Å². The van der Waals surface area contributed by atoms with Gasteiger partial charge in [0.05, 0.1) is 6.54 Å². The Hall–Kier alpha value is -1.55. The van der Waals surface area contributed by atoms with E-state index < -0.39 is 0 Å². The number of aromatic nitrogens is 1. The molecule has 26 heavy (non-hydrogen) atoms. The molecule has 0 fully saturated rings. The molecule has 4 heteroatoms. The van der Waals surface area contributed by atoms with Gasteiger partial charge in [0.15, 0.2) is 0 Å². The fourth-order valence-corrected chi connectivity index (χ4v) is 3.20. The number of carbonyl (C=O) groups excluding carboxylic acids is 1. The van der Waals surface area contributed by atoms with Crippen LogP contribution in [-0.2, 0) is 17.9 Å². The zero-order valence-corrected chi connectivity index (χ0v) is 18.1. The lowest BCUT2D eigenvalue weighted by molar-refractivity contribution is -0.133. The molecule has 1 heterocycles. The molecule has 0 aliphatic rings. The molecule has 142 valence electrons. The molecule has 0 N–H and O–H groups in total. The Morgan fingerprint density at radius 1 is 1.15 bits per heavy atom. The van der Waals surface area contributed by atoms with Gasteiger partial charge in [-0.25, -0.2) is 0 Å². The summed E-state index contributed by atoms with van der Waals surface area (Å²) in [7, 11) is 0. The van der Waals surface area contributed by atoms with Crippen LogP contribution in [0, 0.1) is 5.41 Å². The lowest BCUT2D eigenvalue weighted by Gasteiger charge is -2.27. The molecule has 1 amide bonds. The van der Waals surface area contributed by atoms with Crippen molar-refractivity contribution in [3.05, 3.63) is 58.3 Å². The summed E-state index contributed by atoms with van der Waals surface area (Å²) >= 11 is 3.48. The van der Waals surface area contributed by atoms with Crippen molar-refractivity contribution in [1.29, 1.82) is 0 Å². The number of halogens is 1. The first kappa shape index (κ1) is 20.8. The van der Waals surface area contributed by atoms with E-state index >= 15 is 0 Å². The van der Waals surface area contributed by atoms with Gasteiger partial charge in [0.2, 0.25) is 5.91 Å². The van der Waals surface area contributed by atoms with E-state index in [0.717, 1.165) is 30.4 Å². The van der Waals surface area contributed by atoms with E-state index in [1.807, 2.05) is 4.90 Å². The third-order valence-electron chi connectivity index (χ3n) is 4.36. The summed E-state index contributed by atoms with van der Waals surface area (Å²) in [6, 6.07) is 12.6. The van der Waals surface area contributed by atoms with E-state index in [1.54, 1.807) is 0 Å². The van der Waals surface area contributed by atoms with Crippen molar-refractivity contribution in [2.45, 2.75) is 60.0 Å². The maximum absolute atomic E-state index is 12.8. The van der Waals surface area contributed by atoms with Crippen LogP contribution in [0.25, 0.3) is 0 Å². The van der Waals surface area contributed by atoms with Crippen molar-refractivity contribution < 1.29 is 4.79 Å². The second-order valence-corrected chi connectivity index (χ2v) is 9.08. The Kier molecular flexibility index (Phi) is 7.51. The van der Waals surface area contributed by atoms with E-state index in [4.69, 9.17) is 0 Å². The number of nitrogens with zero attached hydrogens (tertiary/aromatic N) is 2. The highest BCUT2D eigenvalue weighted by Crippen LogP contribution is 2.21. The Morgan fingerprint density at radius 3 is 2.46 bits per heavy atom. The van der Waals surface area contributed by atoms with Crippen molar-refractivity contribution >= 4 is 21.8 Å². The van der Waals surface area contributed by atoms with Gasteiger partial charge in [0, 0.05) is 35.9 Å². The standard InChI is InChI=1S/C22H31BrN2O/c1-5-6-13-25(21(26)15-22(2,3)4)17-20-8-7-14-24(20)16-18-9-11-19(23)12-10-18/h7-12,14H,5-6,13,15-17H2,1-4H3. The van der Waals surface area contributed by atoms with Gasteiger partial charge in [-0.05, 0) is 41.7 Å². The zero-order chi connectivity index (χ0) is 19.2. The summed E-state index contributed by atoms with van der Waals surface area (Å²) in [6.45, 7) is 10.9. The topological polar surface area (TPSA) is 25.2 Å². The molecule has 0 bridgehead atoms. The van der Waals surface area contributed by atoms with Crippen LogP contribution in [0.15, 0.2) is 47.1 Å².